The van der Waals surface area contributed by atoms with Crippen molar-refractivity contribution < 1.29 is 4.79 Å². The molecular weight excluding hydrogens is 240 g/mol. The van der Waals surface area contributed by atoms with E-state index in [2.05, 4.69) is 17.2 Å². The molecule has 1 heterocycles. The Morgan fingerprint density at radius 3 is 2.58 bits per heavy atom. The number of hydrogen-bond donors (Lipinski definition) is 2. The van der Waals surface area contributed by atoms with E-state index in [1.807, 2.05) is 18.2 Å². The zero-order valence-electron chi connectivity index (χ0n) is 10.7. The first-order valence-corrected chi connectivity index (χ1v) is 6.33. The number of primary amides is 1. The number of unbranched alkanes of at least 4 members (excludes halogenated alkanes) is 1. The van der Waals surface area contributed by atoms with Gasteiger partial charge in [-0.25, -0.2) is 0 Å². The third-order valence-corrected chi connectivity index (χ3v) is 2.97. The van der Waals surface area contributed by atoms with Gasteiger partial charge in [0.05, 0.1) is 5.69 Å². The molecule has 4 N–H and O–H groups in total. The maximum atomic E-state index is 11.0. The van der Waals surface area contributed by atoms with Crippen LogP contribution in [0, 0.1) is 0 Å². The molecule has 100 valence electrons. The molecule has 0 spiro atoms. The van der Waals surface area contributed by atoms with Crippen LogP contribution in [-0.4, -0.2) is 15.7 Å². The predicted molar refractivity (Wildman–Crippen MR) is 74.5 cm³/mol. The third kappa shape index (κ3) is 3.58. The molecule has 0 radical (unpaired) electrons. The topological polar surface area (TPSA) is 86.9 Å². The Bertz CT molecular complexity index is 548. The number of benzene rings is 1. The Labute approximate surface area is 112 Å². The van der Waals surface area contributed by atoms with Crippen molar-refractivity contribution in [3.63, 3.8) is 0 Å². The van der Waals surface area contributed by atoms with E-state index in [1.54, 1.807) is 10.9 Å². The smallest absolute Gasteiger partial charge is 0.271 e. The van der Waals surface area contributed by atoms with Gasteiger partial charge in [0.2, 0.25) is 0 Å². The predicted octanol–water partition coefficient (Wildman–Crippen LogP) is 1.59. The Balaban J connectivity index is 1.80. The fourth-order valence-electron chi connectivity index (χ4n) is 1.99. The van der Waals surface area contributed by atoms with E-state index < -0.39 is 5.91 Å². The Kier molecular flexibility index (Phi) is 4.18. The van der Waals surface area contributed by atoms with Gasteiger partial charge in [0.25, 0.3) is 5.91 Å². The second-order valence-corrected chi connectivity index (χ2v) is 4.50. The lowest BCUT2D eigenvalue weighted by Gasteiger charge is -2.02. The molecule has 0 saturated carbocycles. The van der Waals surface area contributed by atoms with Gasteiger partial charge >= 0.3 is 0 Å². The molecule has 0 aliphatic carbocycles. The number of amides is 1. The Morgan fingerprint density at radius 2 is 1.95 bits per heavy atom. The molecule has 0 saturated heterocycles. The monoisotopic (exact) mass is 258 g/mol. The highest BCUT2D eigenvalue weighted by Gasteiger charge is 2.10. The van der Waals surface area contributed by atoms with Gasteiger partial charge in [0, 0.05) is 12.7 Å². The first-order valence-electron chi connectivity index (χ1n) is 6.33. The average molecular weight is 258 g/mol. The molecular formula is C14H18N4O. The lowest BCUT2D eigenvalue weighted by atomic mass is 10.1. The summed E-state index contributed by atoms with van der Waals surface area (Å²) in [5.74, 6) is -0.583. The molecule has 0 bridgehead atoms. The summed E-state index contributed by atoms with van der Waals surface area (Å²) >= 11 is 0. The maximum absolute atomic E-state index is 11.0. The summed E-state index contributed by atoms with van der Waals surface area (Å²) in [6.45, 7) is 0.740. The minimum atomic E-state index is -0.583. The van der Waals surface area contributed by atoms with E-state index >= 15 is 0 Å². The lowest BCUT2D eigenvalue weighted by molar-refractivity contribution is 0.0995. The molecule has 0 unspecified atom stereocenters. The Hall–Kier alpha value is -2.30. The molecule has 1 aromatic heterocycles. The van der Waals surface area contributed by atoms with Crippen molar-refractivity contribution in [2.24, 2.45) is 5.73 Å². The number of carbonyl (C=O) groups is 1. The first-order chi connectivity index (χ1) is 9.16. The number of nitrogens with zero attached hydrogens (tertiary/aromatic N) is 2. The largest absolute Gasteiger partial charge is 0.396 e. The van der Waals surface area contributed by atoms with Crippen LogP contribution in [0.2, 0.25) is 0 Å². The summed E-state index contributed by atoms with van der Waals surface area (Å²) in [4.78, 5) is 11.0. The van der Waals surface area contributed by atoms with Crippen LogP contribution in [0.15, 0.2) is 36.5 Å². The van der Waals surface area contributed by atoms with Crippen molar-refractivity contribution in [1.82, 2.24) is 9.78 Å². The van der Waals surface area contributed by atoms with Crippen LogP contribution >= 0.6 is 0 Å². The fourth-order valence-corrected chi connectivity index (χ4v) is 1.99. The van der Waals surface area contributed by atoms with Gasteiger partial charge in [0.15, 0.2) is 5.69 Å². The number of aryl methyl sites for hydroxylation is 2. The van der Waals surface area contributed by atoms with Gasteiger partial charge in [-0.3, -0.25) is 9.48 Å². The Morgan fingerprint density at radius 1 is 1.21 bits per heavy atom. The standard InChI is InChI=1S/C14H18N4O/c15-12-10-18(17-13(12)14(16)19)9-5-4-8-11-6-2-1-3-7-11/h1-3,6-7,10H,4-5,8-9,15H2,(H2,16,19). The van der Waals surface area contributed by atoms with Crippen LogP contribution in [-0.2, 0) is 13.0 Å². The van der Waals surface area contributed by atoms with Gasteiger partial charge in [0.1, 0.15) is 0 Å². The average Bonchev–Trinajstić information content (AvgIpc) is 2.77. The summed E-state index contributed by atoms with van der Waals surface area (Å²) in [5.41, 5.74) is 12.6. The van der Waals surface area contributed by atoms with E-state index in [-0.39, 0.29) is 5.69 Å². The summed E-state index contributed by atoms with van der Waals surface area (Å²) in [6.07, 6.45) is 4.74. The molecule has 19 heavy (non-hydrogen) atoms. The van der Waals surface area contributed by atoms with E-state index in [9.17, 15) is 4.79 Å². The first kappa shape index (κ1) is 13.1. The number of carbonyl (C=O) groups excluding carboxylic acids is 1. The second kappa shape index (κ2) is 6.04. The minimum Gasteiger partial charge on any atom is -0.396 e. The summed E-state index contributed by atoms with van der Waals surface area (Å²) in [7, 11) is 0. The highest BCUT2D eigenvalue weighted by atomic mass is 16.1. The molecule has 0 aliphatic heterocycles. The molecule has 0 fully saturated rings. The van der Waals surface area contributed by atoms with Gasteiger partial charge in [-0.1, -0.05) is 30.3 Å². The van der Waals surface area contributed by atoms with Crippen LogP contribution in [0.1, 0.15) is 28.9 Å². The number of aromatic nitrogens is 2. The zero-order valence-corrected chi connectivity index (χ0v) is 10.7. The van der Waals surface area contributed by atoms with Crippen LogP contribution in [0.4, 0.5) is 5.69 Å². The molecule has 0 aliphatic rings. The summed E-state index contributed by atoms with van der Waals surface area (Å²) in [6, 6.07) is 10.3. The number of hydrogen-bond acceptors (Lipinski definition) is 3. The van der Waals surface area contributed by atoms with Crippen molar-refractivity contribution in [2.45, 2.75) is 25.8 Å². The van der Waals surface area contributed by atoms with Gasteiger partial charge < -0.3 is 11.5 Å². The van der Waals surface area contributed by atoms with Crippen molar-refractivity contribution >= 4 is 11.6 Å². The number of nitrogen functional groups attached to an aromatic ring is 1. The molecule has 1 aromatic carbocycles. The highest BCUT2D eigenvalue weighted by molar-refractivity contribution is 5.95. The normalized spacial score (nSPS) is 10.5. The molecule has 2 aromatic rings. The number of nitrogens with two attached hydrogens (primary N) is 2. The summed E-state index contributed by atoms with van der Waals surface area (Å²) < 4.78 is 1.68. The van der Waals surface area contributed by atoms with Crippen LogP contribution in [0.25, 0.3) is 0 Å². The van der Waals surface area contributed by atoms with Crippen molar-refractivity contribution in [2.75, 3.05) is 5.73 Å². The third-order valence-electron chi connectivity index (χ3n) is 2.97. The molecule has 2 rings (SSSR count). The van der Waals surface area contributed by atoms with Crippen LogP contribution < -0.4 is 11.5 Å². The second-order valence-electron chi connectivity index (χ2n) is 4.50. The number of rotatable bonds is 6. The minimum absolute atomic E-state index is 0.156. The molecule has 5 heteroatoms. The molecule has 1 amide bonds. The lowest BCUT2D eigenvalue weighted by Crippen LogP contribution is -2.14. The SMILES string of the molecule is NC(=O)c1nn(CCCCc2ccccc2)cc1N. The molecule has 0 atom stereocenters. The van der Waals surface area contributed by atoms with Crippen LogP contribution in [0.3, 0.4) is 0 Å². The quantitative estimate of drug-likeness (QED) is 0.771. The zero-order chi connectivity index (χ0) is 13.7. The van der Waals surface area contributed by atoms with Crippen molar-refractivity contribution in [3.8, 4) is 0 Å². The van der Waals surface area contributed by atoms with E-state index in [0.29, 0.717) is 5.69 Å². The highest BCUT2D eigenvalue weighted by Crippen LogP contribution is 2.10. The molecule has 5 nitrogen and oxygen atoms in total. The van der Waals surface area contributed by atoms with Gasteiger partial charge in [-0.05, 0) is 24.8 Å². The summed E-state index contributed by atoms with van der Waals surface area (Å²) in [5, 5.41) is 4.07. The van der Waals surface area contributed by atoms with E-state index in [1.165, 1.54) is 5.56 Å². The van der Waals surface area contributed by atoms with Crippen molar-refractivity contribution in [3.05, 3.63) is 47.8 Å². The fraction of sp³-hybridized carbons (Fsp3) is 0.286. The van der Waals surface area contributed by atoms with E-state index in [4.69, 9.17) is 11.5 Å². The number of anilines is 1. The van der Waals surface area contributed by atoms with Gasteiger partial charge in [-0.2, -0.15) is 5.10 Å². The van der Waals surface area contributed by atoms with E-state index in [0.717, 1.165) is 25.8 Å². The maximum Gasteiger partial charge on any atom is 0.271 e. The van der Waals surface area contributed by atoms with Gasteiger partial charge in [-0.15, -0.1) is 0 Å². The van der Waals surface area contributed by atoms with Crippen molar-refractivity contribution in [1.29, 1.82) is 0 Å². The van der Waals surface area contributed by atoms with Crippen LogP contribution in [0.5, 0.6) is 0 Å².